The normalized spacial score (nSPS) is 10.1. The molecule has 0 atom stereocenters. The number of benzene rings is 1. The van der Waals surface area contributed by atoms with Crippen LogP contribution in [0.1, 0.15) is 10.5 Å². The molecule has 0 aliphatic heterocycles. The van der Waals surface area contributed by atoms with Crippen molar-refractivity contribution in [3.8, 4) is 11.6 Å². The van der Waals surface area contributed by atoms with Crippen LogP contribution in [-0.2, 0) is 0 Å². The van der Waals surface area contributed by atoms with Crippen LogP contribution in [0.25, 0.3) is 0 Å². The van der Waals surface area contributed by atoms with Gasteiger partial charge in [0.1, 0.15) is 10.7 Å². The smallest absolute Gasteiger partial charge is 0.274 e. The molecular weight excluding hydrogens is 314 g/mol. The van der Waals surface area contributed by atoms with Gasteiger partial charge < -0.3 is 10.1 Å². The molecule has 1 N–H and O–H groups in total. The van der Waals surface area contributed by atoms with E-state index in [1.807, 2.05) is 18.2 Å². The Labute approximate surface area is 137 Å². The third kappa shape index (κ3) is 3.84. The molecular formula is C17H12ClN3O2. The SMILES string of the molecule is O=C(Nc1ccccc1)c1cccc(Oc2ccncc2Cl)n1. The van der Waals surface area contributed by atoms with Crippen molar-refractivity contribution in [3.63, 3.8) is 0 Å². The number of nitrogens with one attached hydrogen (secondary N) is 1. The van der Waals surface area contributed by atoms with Crippen LogP contribution in [0, 0.1) is 0 Å². The number of halogens is 1. The summed E-state index contributed by atoms with van der Waals surface area (Å²) in [5.74, 6) is 0.385. The minimum absolute atomic E-state index is 0.247. The molecule has 2 aromatic heterocycles. The van der Waals surface area contributed by atoms with Crippen molar-refractivity contribution in [2.24, 2.45) is 0 Å². The van der Waals surface area contributed by atoms with Gasteiger partial charge in [-0.3, -0.25) is 9.78 Å². The van der Waals surface area contributed by atoms with Crippen molar-refractivity contribution in [1.82, 2.24) is 9.97 Å². The second-order valence-corrected chi connectivity index (χ2v) is 5.00. The maximum atomic E-state index is 12.2. The molecule has 5 nitrogen and oxygen atoms in total. The van der Waals surface area contributed by atoms with Crippen LogP contribution in [0.3, 0.4) is 0 Å². The van der Waals surface area contributed by atoms with Gasteiger partial charge in [0.2, 0.25) is 5.88 Å². The Bertz CT molecular complexity index is 825. The summed E-state index contributed by atoms with van der Waals surface area (Å²) < 4.78 is 5.59. The zero-order valence-corrected chi connectivity index (χ0v) is 12.7. The number of aromatic nitrogens is 2. The quantitative estimate of drug-likeness (QED) is 0.781. The van der Waals surface area contributed by atoms with E-state index >= 15 is 0 Å². The standard InChI is InChI=1S/C17H12ClN3O2/c18-13-11-19-10-9-15(13)23-16-8-4-7-14(21-16)17(22)20-12-5-2-1-3-6-12/h1-11H,(H,20,22). The molecule has 0 radical (unpaired) electrons. The Morgan fingerprint density at radius 1 is 1.04 bits per heavy atom. The predicted octanol–water partition coefficient (Wildman–Crippen LogP) is 4.17. The van der Waals surface area contributed by atoms with Gasteiger partial charge in [0, 0.05) is 30.2 Å². The van der Waals surface area contributed by atoms with E-state index in [1.165, 1.54) is 6.20 Å². The number of amides is 1. The second-order valence-electron chi connectivity index (χ2n) is 4.59. The molecule has 0 spiro atoms. The number of nitrogens with zero attached hydrogens (tertiary/aromatic N) is 2. The molecule has 3 aromatic rings. The Morgan fingerprint density at radius 2 is 1.87 bits per heavy atom. The summed E-state index contributed by atoms with van der Waals surface area (Å²) in [6, 6.07) is 15.7. The van der Waals surface area contributed by atoms with Crippen molar-refractivity contribution in [2.45, 2.75) is 0 Å². The molecule has 6 heteroatoms. The fourth-order valence-electron chi connectivity index (χ4n) is 1.87. The molecule has 114 valence electrons. The highest BCUT2D eigenvalue weighted by molar-refractivity contribution is 6.31. The Morgan fingerprint density at radius 3 is 2.65 bits per heavy atom. The lowest BCUT2D eigenvalue weighted by atomic mass is 10.3. The van der Waals surface area contributed by atoms with E-state index < -0.39 is 0 Å². The van der Waals surface area contributed by atoms with Crippen molar-refractivity contribution >= 4 is 23.2 Å². The van der Waals surface area contributed by atoms with E-state index in [-0.39, 0.29) is 17.5 Å². The highest BCUT2D eigenvalue weighted by atomic mass is 35.5. The van der Waals surface area contributed by atoms with Crippen LogP contribution in [-0.4, -0.2) is 15.9 Å². The number of hydrogen-bond acceptors (Lipinski definition) is 4. The number of para-hydroxylation sites is 1. The maximum absolute atomic E-state index is 12.2. The summed E-state index contributed by atoms with van der Waals surface area (Å²) in [6.07, 6.45) is 3.04. The fourth-order valence-corrected chi connectivity index (χ4v) is 2.03. The van der Waals surface area contributed by atoms with E-state index in [9.17, 15) is 4.79 Å². The van der Waals surface area contributed by atoms with Crippen LogP contribution in [0.4, 0.5) is 5.69 Å². The van der Waals surface area contributed by atoms with Gasteiger partial charge in [-0.1, -0.05) is 35.9 Å². The van der Waals surface area contributed by atoms with Crippen LogP contribution >= 0.6 is 11.6 Å². The Hall–Kier alpha value is -2.92. The summed E-state index contributed by atoms with van der Waals surface area (Å²) in [5.41, 5.74) is 0.944. The number of anilines is 1. The molecule has 0 saturated heterocycles. The first-order valence-electron chi connectivity index (χ1n) is 6.83. The molecule has 0 fully saturated rings. The number of ether oxygens (including phenoxy) is 1. The molecule has 1 amide bonds. The van der Waals surface area contributed by atoms with Crippen molar-refractivity contribution < 1.29 is 9.53 Å². The molecule has 0 aliphatic carbocycles. The average Bonchev–Trinajstić information content (AvgIpc) is 2.58. The minimum atomic E-state index is -0.317. The summed E-state index contributed by atoms with van der Waals surface area (Å²) in [5, 5.41) is 3.14. The van der Waals surface area contributed by atoms with Gasteiger partial charge in [-0.25, -0.2) is 4.98 Å². The largest absolute Gasteiger partial charge is 0.437 e. The van der Waals surface area contributed by atoms with Gasteiger partial charge in [0.05, 0.1) is 0 Å². The van der Waals surface area contributed by atoms with Crippen molar-refractivity contribution in [2.75, 3.05) is 5.32 Å². The summed E-state index contributed by atoms with van der Waals surface area (Å²) in [7, 11) is 0. The van der Waals surface area contributed by atoms with Gasteiger partial charge in [-0.15, -0.1) is 0 Å². The first kappa shape index (κ1) is 15.0. The number of hydrogen-bond donors (Lipinski definition) is 1. The lowest BCUT2D eigenvalue weighted by Crippen LogP contribution is -2.13. The first-order chi connectivity index (χ1) is 11.2. The number of rotatable bonds is 4. The summed E-state index contributed by atoms with van der Waals surface area (Å²) in [6.45, 7) is 0. The average molecular weight is 326 g/mol. The van der Waals surface area contributed by atoms with Crippen LogP contribution in [0.15, 0.2) is 67.0 Å². The molecule has 2 heterocycles. The summed E-state index contributed by atoms with van der Waals surface area (Å²) in [4.78, 5) is 20.3. The topological polar surface area (TPSA) is 64.1 Å². The van der Waals surface area contributed by atoms with Gasteiger partial charge in [0.15, 0.2) is 5.75 Å². The zero-order chi connectivity index (χ0) is 16.1. The van der Waals surface area contributed by atoms with Crippen LogP contribution in [0.5, 0.6) is 11.6 Å². The highest BCUT2D eigenvalue weighted by Crippen LogP contribution is 2.26. The van der Waals surface area contributed by atoms with E-state index in [2.05, 4.69) is 15.3 Å². The lowest BCUT2D eigenvalue weighted by Gasteiger charge is -2.08. The Kier molecular flexibility index (Phi) is 4.49. The molecule has 0 aliphatic rings. The molecule has 23 heavy (non-hydrogen) atoms. The highest BCUT2D eigenvalue weighted by Gasteiger charge is 2.10. The predicted molar refractivity (Wildman–Crippen MR) is 88.0 cm³/mol. The maximum Gasteiger partial charge on any atom is 0.274 e. The summed E-state index contributed by atoms with van der Waals surface area (Å²) >= 11 is 5.99. The second kappa shape index (κ2) is 6.89. The van der Waals surface area contributed by atoms with E-state index in [0.29, 0.717) is 16.5 Å². The van der Waals surface area contributed by atoms with Crippen molar-refractivity contribution in [3.05, 3.63) is 77.7 Å². The molecule has 1 aromatic carbocycles. The molecule has 3 rings (SSSR count). The molecule has 0 unspecified atom stereocenters. The van der Waals surface area contributed by atoms with Crippen LogP contribution in [0.2, 0.25) is 5.02 Å². The zero-order valence-electron chi connectivity index (χ0n) is 11.9. The van der Waals surface area contributed by atoms with Gasteiger partial charge >= 0.3 is 0 Å². The number of carbonyl (C=O) groups is 1. The molecule has 0 saturated carbocycles. The number of pyridine rings is 2. The Balaban J connectivity index is 1.77. The minimum Gasteiger partial charge on any atom is -0.437 e. The third-order valence-electron chi connectivity index (χ3n) is 2.94. The van der Waals surface area contributed by atoms with E-state index in [1.54, 1.807) is 42.6 Å². The van der Waals surface area contributed by atoms with Gasteiger partial charge in [-0.05, 0) is 18.2 Å². The van der Waals surface area contributed by atoms with Gasteiger partial charge in [0.25, 0.3) is 5.91 Å². The van der Waals surface area contributed by atoms with E-state index in [0.717, 1.165) is 0 Å². The van der Waals surface area contributed by atoms with Gasteiger partial charge in [-0.2, -0.15) is 0 Å². The molecule has 0 bridgehead atoms. The number of carbonyl (C=O) groups excluding carboxylic acids is 1. The monoisotopic (exact) mass is 325 g/mol. The van der Waals surface area contributed by atoms with Crippen LogP contribution < -0.4 is 10.1 Å². The lowest BCUT2D eigenvalue weighted by molar-refractivity contribution is 0.102. The van der Waals surface area contributed by atoms with E-state index in [4.69, 9.17) is 16.3 Å². The first-order valence-corrected chi connectivity index (χ1v) is 7.21. The third-order valence-corrected chi connectivity index (χ3v) is 3.22. The fraction of sp³-hybridized carbons (Fsp3) is 0. The van der Waals surface area contributed by atoms with Crippen molar-refractivity contribution in [1.29, 1.82) is 0 Å².